The van der Waals surface area contributed by atoms with E-state index in [4.69, 9.17) is 9.47 Å². The smallest absolute Gasteiger partial charge is 0.313 e. The fourth-order valence-corrected chi connectivity index (χ4v) is 4.11. The molecular formula is C33H35N3O4. The number of aliphatic imine (C=N–C) groups is 1. The molecule has 1 aromatic heterocycles. The Morgan fingerprint density at radius 2 is 1.65 bits per heavy atom. The van der Waals surface area contributed by atoms with Crippen LogP contribution in [0.2, 0.25) is 0 Å². The number of hydrogen-bond acceptors (Lipinski definition) is 5. The zero-order valence-corrected chi connectivity index (χ0v) is 23.1. The summed E-state index contributed by atoms with van der Waals surface area (Å²) in [5.41, 5.74) is 5.09. The summed E-state index contributed by atoms with van der Waals surface area (Å²) in [5.74, 6) is 0.264. The second kappa shape index (κ2) is 13.9. The maximum Gasteiger partial charge on any atom is 0.313 e. The molecule has 4 rings (SSSR count). The van der Waals surface area contributed by atoms with Crippen LogP contribution in [0, 0.1) is 5.92 Å². The Morgan fingerprint density at radius 1 is 0.925 bits per heavy atom. The lowest BCUT2D eigenvalue weighted by molar-refractivity contribution is -0.753. The van der Waals surface area contributed by atoms with Crippen molar-refractivity contribution < 1.29 is 23.9 Å². The van der Waals surface area contributed by atoms with Gasteiger partial charge in [-0.2, -0.15) is 4.57 Å². The molecule has 0 aliphatic carbocycles. The third-order valence-corrected chi connectivity index (χ3v) is 6.31. The van der Waals surface area contributed by atoms with Gasteiger partial charge in [0.15, 0.2) is 12.4 Å². The fraction of sp³-hybridized carbons (Fsp3) is 0.242. The van der Waals surface area contributed by atoms with Crippen molar-refractivity contribution in [1.82, 2.24) is 0 Å². The predicted octanol–water partition coefficient (Wildman–Crippen LogP) is 5.31. The number of benzene rings is 3. The number of nitrogens with one attached hydrogen (secondary N) is 1. The molecule has 0 saturated heterocycles. The minimum absolute atomic E-state index is 0.198. The molecule has 0 spiro atoms. The maximum absolute atomic E-state index is 12.4. The summed E-state index contributed by atoms with van der Waals surface area (Å²) in [7, 11) is 0. The molecule has 4 aromatic rings. The molecule has 0 radical (unpaired) electrons. The lowest BCUT2D eigenvalue weighted by Crippen LogP contribution is -2.40. The number of rotatable bonds is 11. The van der Waals surface area contributed by atoms with Crippen molar-refractivity contribution in [3.63, 3.8) is 0 Å². The number of carbonyl (C=O) groups is 1. The average Bonchev–Trinajstić information content (AvgIpc) is 2.98. The first-order valence-electron chi connectivity index (χ1n) is 13.4. The number of carbonyl (C=O) groups excluding carboxylic acids is 1. The first-order chi connectivity index (χ1) is 19.4. The molecule has 7 heteroatoms. The highest BCUT2D eigenvalue weighted by Gasteiger charge is 2.19. The van der Waals surface area contributed by atoms with E-state index >= 15 is 0 Å². The standard InChI is InChI=1S/C33H35N3O4/c1-24(2)32(37)40-25(3)36-20-9-10-26(23-36)22-34-33(38)35-29-15-17-30(18-16-29)39-21-19-28-13-7-8-14-31(28)27-11-5-4-6-12-27/h4-18,20,23-25H,19,21-22H2,1-3H3,(H-,34,35,38). The SMILES string of the molecule is CC(C)C(=O)OC(C)[n+]1cccc(CN=C([O-])Nc2ccc(OCCc3ccccc3-c3ccccc3)cc2)c1. The van der Waals surface area contributed by atoms with Crippen molar-refractivity contribution >= 4 is 17.7 Å². The second-order valence-electron chi connectivity index (χ2n) is 9.74. The highest BCUT2D eigenvalue weighted by molar-refractivity contribution is 5.85. The molecule has 0 aliphatic heterocycles. The van der Waals surface area contributed by atoms with Crippen LogP contribution in [0.3, 0.4) is 0 Å². The lowest BCUT2D eigenvalue weighted by atomic mass is 9.98. The zero-order chi connectivity index (χ0) is 28.3. The van der Waals surface area contributed by atoms with Gasteiger partial charge in [0.05, 0.1) is 25.1 Å². The van der Waals surface area contributed by atoms with Gasteiger partial charge < -0.3 is 19.9 Å². The maximum atomic E-state index is 12.4. The molecule has 206 valence electrons. The Kier molecular flexibility index (Phi) is 9.88. The Balaban J connectivity index is 1.27. The van der Waals surface area contributed by atoms with E-state index in [0.29, 0.717) is 12.3 Å². The number of anilines is 1. The number of nitrogens with zero attached hydrogens (tertiary/aromatic N) is 2. The number of ether oxygens (including phenoxy) is 2. The van der Waals surface area contributed by atoms with Crippen LogP contribution in [0.1, 0.15) is 38.1 Å². The van der Waals surface area contributed by atoms with Crippen molar-refractivity contribution in [3.05, 3.63) is 115 Å². The Labute approximate surface area is 235 Å². The molecule has 1 unspecified atom stereocenters. The molecule has 0 amide bonds. The first kappa shape index (κ1) is 28.4. The Bertz CT molecular complexity index is 1420. The van der Waals surface area contributed by atoms with E-state index in [2.05, 4.69) is 40.6 Å². The highest BCUT2D eigenvalue weighted by atomic mass is 16.6. The minimum atomic E-state index is -0.456. The van der Waals surface area contributed by atoms with Crippen molar-refractivity contribution in [3.8, 4) is 16.9 Å². The summed E-state index contributed by atoms with van der Waals surface area (Å²) in [6, 6.07) is 29.2. The number of esters is 1. The largest absolute Gasteiger partial charge is 0.846 e. The summed E-state index contributed by atoms with van der Waals surface area (Å²) in [4.78, 5) is 16.0. The second-order valence-corrected chi connectivity index (χ2v) is 9.74. The quantitative estimate of drug-likeness (QED) is 0.121. The van der Waals surface area contributed by atoms with E-state index in [1.165, 1.54) is 16.7 Å². The van der Waals surface area contributed by atoms with E-state index in [1.807, 2.05) is 60.9 Å². The average molecular weight is 538 g/mol. The number of pyridine rings is 1. The molecule has 3 aromatic carbocycles. The van der Waals surface area contributed by atoms with E-state index in [0.717, 1.165) is 17.7 Å². The molecule has 1 heterocycles. The van der Waals surface area contributed by atoms with Crippen LogP contribution in [-0.4, -0.2) is 18.6 Å². The van der Waals surface area contributed by atoms with Crippen LogP contribution in [0.25, 0.3) is 11.1 Å². The van der Waals surface area contributed by atoms with Gasteiger partial charge in [-0.15, -0.1) is 0 Å². The zero-order valence-electron chi connectivity index (χ0n) is 23.1. The summed E-state index contributed by atoms with van der Waals surface area (Å²) in [6.45, 7) is 6.12. The predicted molar refractivity (Wildman–Crippen MR) is 155 cm³/mol. The van der Waals surface area contributed by atoms with E-state index in [9.17, 15) is 9.90 Å². The molecule has 0 bridgehead atoms. The highest BCUT2D eigenvalue weighted by Crippen LogP contribution is 2.24. The summed E-state index contributed by atoms with van der Waals surface area (Å²) in [6.07, 6.45) is 3.95. The van der Waals surface area contributed by atoms with E-state index in [-0.39, 0.29) is 18.4 Å². The van der Waals surface area contributed by atoms with Crippen LogP contribution >= 0.6 is 0 Å². The first-order valence-corrected chi connectivity index (χ1v) is 13.4. The number of hydrogen-bond donors (Lipinski definition) is 1. The molecule has 40 heavy (non-hydrogen) atoms. The van der Waals surface area contributed by atoms with Crippen molar-refractivity contribution in [2.45, 2.75) is 40.0 Å². The van der Waals surface area contributed by atoms with Crippen LogP contribution < -0.4 is 19.7 Å². The minimum Gasteiger partial charge on any atom is -0.846 e. The van der Waals surface area contributed by atoms with Gasteiger partial charge in [0.1, 0.15) is 5.75 Å². The molecule has 0 aliphatic rings. The van der Waals surface area contributed by atoms with Crippen LogP contribution in [0.5, 0.6) is 5.75 Å². The third kappa shape index (κ3) is 8.17. The lowest BCUT2D eigenvalue weighted by Gasteiger charge is -2.15. The van der Waals surface area contributed by atoms with Gasteiger partial charge >= 0.3 is 12.2 Å². The van der Waals surface area contributed by atoms with Gasteiger partial charge in [-0.3, -0.25) is 9.79 Å². The van der Waals surface area contributed by atoms with Gasteiger partial charge in [-0.05, 0) is 47.0 Å². The van der Waals surface area contributed by atoms with Crippen LogP contribution in [-0.2, 0) is 22.5 Å². The van der Waals surface area contributed by atoms with Crippen LogP contribution in [0.15, 0.2) is 108 Å². The molecule has 0 saturated carbocycles. The van der Waals surface area contributed by atoms with Crippen molar-refractivity contribution in [1.29, 1.82) is 0 Å². The molecule has 7 nitrogen and oxygen atoms in total. The van der Waals surface area contributed by atoms with Gasteiger partial charge in [0.2, 0.25) is 0 Å². The van der Waals surface area contributed by atoms with Crippen LogP contribution in [0.4, 0.5) is 5.69 Å². The number of amidine groups is 1. The molecule has 1 atom stereocenters. The van der Waals surface area contributed by atoms with Gasteiger partial charge in [0.25, 0.3) is 0 Å². The van der Waals surface area contributed by atoms with Gasteiger partial charge in [-0.1, -0.05) is 68.4 Å². The molecular weight excluding hydrogens is 502 g/mol. The normalized spacial score (nSPS) is 12.2. The van der Waals surface area contributed by atoms with Gasteiger partial charge in [-0.25, -0.2) is 0 Å². The fourth-order valence-electron chi connectivity index (χ4n) is 4.11. The molecule has 0 fully saturated rings. The van der Waals surface area contributed by atoms with Gasteiger partial charge in [0, 0.05) is 30.7 Å². The molecule has 1 N–H and O–H groups in total. The topological polar surface area (TPSA) is 86.9 Å². The van der Waals surface area contributed by atoms with Crippen molar-refractivity contribution in [2.75, 3.05) is 11.9 Å². The number of aromatic nitrogens is 1. The van der Waals surface area contributed by atoms with Crippen molar-refractivity contribution in [2.24, 2.45) is 10.9 Å². The van der Waals surface area contributed by atoms with E-state index < -0.39 is 12.2 Å². The monoisotopic (exact) mass is 537 g/mol. The van der Waals surface area contributed by atoms with E-state index in [1.54, 1.807) is 37.5 Å². The summed E-state index contributed by atoms with van der Waals surface area (Å²) in [5, 5.41) is 15.2. The third-order valence-electron chi connectivity index (χ3n) is 6.31. The Morgan fingerprint density at radius 3 is 2.40 bits per heavy atom. The Hall–Kier alpha value is -4.65. The summed E-state index contributed by atoms with van der Waals surface area (Å²) < 4.78 is 13.2. The summed E-state index contributed by atoms with van der Waals surface area (Å²) >= 11 is 0.